The van der Waals surface area contributed by atoms with Crippen LogP contribution in [0.1, 0.15) is 13.3 Å². The zero-order chi connectivity index (χ0) is 11.5. The fourth-order valence-corrected chi connectivity index (χ4v) is 1.44. The average molecular weight is 216 g/mol. The number of hydrogen-bond acceptors (Lipinski definition) is 3. The number of hydrogen-bond donors (Lipinski definition) is 2. The summed E-state index contributed by atoms with van der Waals surface area (Å²) in [5.41, 5.74) is 5.77. The molecular weight excluding hydrogens is 204 g/mol. The summed E-state index contributed by atoms with van der Waals surface area (Å²) in [5, 5.41) is 9.20. The van der Waals surface area contributed by atoms with Crippen LogP contribution >= 0.6 is 0 Å². The number of carbonyl (C=O) groups excluding carboxylic acids is 1. The van der Waals surface area contributed by atoms with E-state index in [4.69, 9.17) is 5.73 Å². The van der Waals surface area contributed by atoms with Gasteiger partial charge in [-0.3, -0.25) is 4.79 Å². The van der Waals surface area contributed by atoms with Gasteiger partial charge in [0, 0.05) is 17.2 Å². The van der Waals surface area contributed by atoms with Crippen LogP contribution in [0, 0.1) is 0 Å². The van der Waals surface area contributed by atoms with E-state index < -0.39 is 0 Å². The van der Waals surface area contributed by atoms with Crippen molar-refractivity contribution in [2.75, 3.05) is 5.73 Å². The van der Waals surface area contributed by atoms with Crippen molar-refractivity contribution in [2.24, 2.45) is 10.2 Å². The minimum atomic E-state index is -0.253. The molecule has 0 fully saturated rings. The number of nitrogens with zero attached hydrogens (tertiary/aromatic N) is 2. The standard InChI is InChI=1S/C11H12N4O/c1-2-9(16)14-15-11-8-6-4-3-5-7(8)10(12)13-11/h3-6,13H,2,12H2,1H3. The van der Waals surface area contributed by atoms with Crippen molar-refractivity contribution in [3.8, 4) is 0 Å². The number of nitrogens with one attached hydrogen (secondary N) is 1. The highest BCUT2D eigenvalue weighted by atomic mass is 16.1. The van der Waals surface area contributed by atoms with Gasteiger partial charge in [0.1, 0.15) is 5.82 Å². The smallest absolute Gasteiger partial charge is 0.264 e. The zero-order valence-corrected chi connectivity index (χ0v) is 8.90. The molecule has 0 aliphatic carbocycles. The molecule has 0 unspecified atom stereocenters. The lowest BCUT2D eigenvalue weighted by Gasteiger charge is -1.89. The molecule has 0 atom stereocenters. The van der Waals surface area contributed by atoms with Crippen LogP contribution in [0.15, 0.2) is 34.5 Å². The molecule has 1 amide bonds. The summed E-state index contributed by atoms with van der Waals surface area (Å²) in [5.74, 6) is 0.806. The lowest BCUT2D eigenvalue weighted by atomic mass is 10.2. The Hall–Kier alpha value is -2.17. The van der Waals surface area contributed by atoms with Gasteiger partial charge >= 0.3 is 0 Å². The number of benzene rings is 1. The summed E-state index contributed by atoms with van der Waals surface area (Å²) in [6, 6.07) is 7.55. The van der Waals surface area contributed by atoms with Crippen LogP contribution in [-0.4, -0.2) is 10.9 Å². The SMILES string of the molecule is CCC(=O)N=Nc1[nH]c(N)c2ccccc12. The van der Waals surface area contributed by atoms with Gasteiger partial charge in [-0.05, 0) is 0 Å². The molecule has 82 valence electrons. The third-order valence-corrected chi connectivity index (χ3v) is 2.29. The average Bonchev–Trinajstić information content (AvgIpc) is 2.64. The Balaban J connectivity index is 2.46. The fraction of sp³-hybridized carbons (Fsp3) is 0.182. The summed E-state index contributed by atoms with van der Waals surface area (Å²) in [7, 11) is 0. The predicted octanol–water partition coefficient (Wildman–Crippen LogP) is 2.77. The lowest BCUT2D eigenvalue weighted by molar-refractivity contribution is -0.117. The molecule has 0 saturated heterocycles. The topological polar surface area (TPSA) is 83.6 Å². The molecule has 5 heteroatoms. The maximum atomic E-state index is 11.0. The van der Waals surface area contributed by atoms with E-state index in [1.165, 1.54) is 0 Å². The number of azo groups is 1. The molecule has 2 rings (SSSR count). The van der Waals surface area contributed by atoms with E-state index in [0.29, 0.717) is 18.1 Å². The zero-order valence-electron chi connectivity index (χ0n) is 8.90. The van der Waals surface area contributed by atoms with Crippen molar-refractivity contribution < 1.29 is 4.79 Å². The first-order valence-corrected chi connectivity index (χ1v) is 5.03. The third-order valence-electron chi connectivity index (χ3n) is 2.29. The second kappa shape index (κ2) is 4.14. The van der Waals surface area contributed by atoms with E-state index >= 15 is 0 Å². The number of aromatic amines is 1. The van der Waals surface area contributed by atoms with E-state index in [9.17, 15) is 4.79 Å². The predicted molar refractivity (Wildman–Crippen MR) is 62.5 cm³/mol. The first-order valence-electron chi connectivity index (χ1n) is 5.03. The van der Waals surface area contributed by atoms with Gasteiger partial charge in [0.2, 0.25) is 0 Å². The van der Waals surface area contributed by atoms with Crippen LogP contribution in [0.3, 0.4) is 0 Å². The second-order valence-electron chi connectivity index (χ2n) is 3.38. The quantitative estimate of drug-likeness (QED) is 0.756. The van der Waals surface area contributed by atoms with Gasteiger partial charge in [0.05, 0.1) is 0 Å². The van der Waals surface area contributed by atoms with Gasteiger partial charge in [-0.15, -0.1) is 10.2 Å². The van der Waals surface area contributed by atoms with E-state index in [1.54, 1.807) is 6.92 Å². The van der Waals surface area contributed by atoms with Gasteiger partial charge in [0.25, 0.3) is 5.91 Å². The summed E-state index contributed by atoms with van der Waals surface area (Å²) in [6.07, 6.45) is 0.345. The maximum absolute atomic E-state index is 11.0. The van der Waals surface area contributed by atoms with E-state index in [-0.39, 0.29) is 5.91 Å². The van der Waals surface area contributed by atoms with E-state index in [1.807, 2.05) is 24.3 Å². The number of aromatic nitrogens is 1. The second-order valence-corrected chi connectivity index (χ2v) is 3.38. The Labute approximate surface area is 92.4 Å². The molecule has 1 heterocycles. The molecule has 0 aliphatic rings. The van der Waals surface area contributed by atoms with Crippen molar-refractivity contribution in [1.82, 2.24) is 4.98 Å². The highest BCUT2D eigenvalue weighted by molar-refractivity contribution is 5.99. The van der Waals surface area contributed by atoms with Crippen molar-refractivity contribution in [3.05, 3.63) is 24.3 Å². The van der Waals surface area contributed by atoms with Crippen LogP contribution < -0.4 is 5.73 Å². The Morgan fingerprint density at radius 3 is 2.75 bits per heavy atom. The summed E-state index contributed by atoms with van der Waals surface area (Å²) < 4.78 is 0. The van der Waals surface area contributed by atoms with Crippen LogP contribution in [-0.2, 0) is 4.79 Å². The van der Waals surface area contributed by atoms with Crippen LogP contribution in [0.4, 0.5) is 11.6 Å². The molecule has 1 aromatic carbocycles. The van der Waals surface area contributed by atoms with Crippen molar-refractivity contribution in [1.29, 1.82) is 0 Å². The van der Waals surface area contributed by atoms with Gasteiger partial charge in [-0.1, -0.05) is 31.2 Å². The summed E-state index contributed by atoms with van der Waals surface area (Å²) in [6.45, 7) is 1.74. The highest BCUT2D eigenvalue weighted by Crippen LogP contribution is 2.30. The summed E-state index contributed by atoms with van der Waals surface area (Å²) >= 11 is 0. The third kappa shape index (κ3) is 1.79. The number of rotatable bonds is 2. The molecule has 0 radical (unpaired) electrons. The molecule has 0 bridgehead atoms. The minimum Gasteiger partial charge on any atom is -0.385 e. The Morgan fingerprint density at radius 2 is 2.06 bits per heavy atom. The molecular formula is C11H12N4O. The monoisotopic (exact) mass is 216 g/mol. The summed E-state index contributed by atoms with van der Waals surface area (Å²) in [4.78, 5) is 13.9. The van der Waals surface area contributed by atoms with Crippen molar-refractivity contribution >= 4 is 28.3 Å². The molecule has 0 saturated carbocycles. The molecule has 1 aromatic heterocycles. The first kappa shape index (κ1) is 10.4. The number of nitrogens with two attached hydrogens (primary N) is 1. The first-order chi connectivity index (χ1) is 7.72. The molecule has 0 aliphatic heterocycles. The van der Waals surface area contributed by atoms with Crippen molar-refractivity contribution in [2.45, 2.75) is 13.3 Å². The Bertz CT molecular complexity index is 556. The Morgan fingerprint density at radius 1 is 1.38 bits per heavy atom. The van der Waals surface area contributed by atoms with Gasteiger partial charge in [-0.2, -0.15) is 0 Å². The van der Waals surface area contributed by atoms with Crippen LogP contribution in [0.25, 0.3) is 10.8 Å². The molecule has 0 spiro atoms. The van der Waals surface area contributed by atoms with E-state index in [0.717, 1.165) is 10.8 Å². The molecule has 2 aromatic rings. The minimum absolute atomic E-state index is 0.253. The normalized spacial score (nSPS) is 11.3. The van der Waals surface area contributed by atoms with Crippen LogP contribution in [0.5, 0.6) is 0 Å². The van der Waals surface area contributed by atoms with Gasteiger partial charge < -0.3 is 10.7 Å². The number of amides is 1. The van der Waals surface area contributed by atoms with Gasteiger partial charge in [-0.25, -0.2) is 0 Å². The maximum Gasteiger partial charge on any atom is 0.264 e. The fourth-order valence-electron chi connectivity index (χ4n) is 1.44. The number of anilines is 1. The number of carbonyl (C=O) groups is 1. The van der Waals surface area contributed by atoms with Crippen molar-refractivity contribution in [3.63, 3.8) is 0 Å². The van der Waals surface area contributed by atoms with Gasteiger partial charge in [0.15, 0.2) is 5.82 Å². The number of H-pyrrole nitrogens is 1. The molecule has 16 heavy (non-hydrogen) atoms. The molecule has 5 nitrogen and oxygen atoms in total. The lowest BCUT2D eigenvalue weighted by Crippen LogP contribution is -1.86. The van der Waals surface area contributed by atoms with E-state index in [2.05, 4.69) is 15.2 Å². The number of fused-ring (bicyclic) bond motifs is 1. The largest absolute Gasteiger partial charge is 0.385 e. The van der Waals surface area contributed by atoms with Crippen LogP contribution in [0.2, 0.25) is 0 Å². The highest BCUT2D eigenvalue weighted by Gasteiger charge is 2.06. The molecule has 3 N–H and O–H groups in total. The Kier molecular flexibility index (Phi) is 2.68. The number of nitrogen functional groups attached to an aromatic ring is 1.